The molecule has 0 bridgehead atoms. The molecule has 0 saturated carbocycles. The highest BCUT2D eigenvalue weighted by Gasteiger charge is 2.15. The Labute approximate surface area is 135 Å². The molecule has 1 aromatic carbocycles. The summed E-state index contributed by atoms with van der Waals surface area (Å²) in [5, 5.41) is 4.07. The van der Waals surface area contributed by atoms with Crippen LogP contribution in [0.5, 0.6) is 17.4 Å². The first-order valence-electron chi connectivity index (χ1n) is 7.53. The van der Waals surface area contributed by atoms with Crippen LogP contribution in [0.15, 0.2) is 42.6 Å². The second-order valence-corrected chi connectivity index (χ2v) is 5.82. The number of hydrogen-bond acceptors (Lipinski definition) is 4. The van der Waals surface area contributed by atoms with Gasteiger partial charge in [-0.25, -0.2) is 4.98 Å². The Morgan fingerprint density at radius 2 is 2.09 bits per heavy atom. The summed E-state index contributed by atoms with van der Waals surface area (Å²) < 4.78 is 11.7. The molecule has 1 unspecified atom stereocenters. The van der Waals surface area contributed by atoms with Gasteiger partial charge in [0.05, 0.1) is 6.61 Å². The van der Waals surface area contributed by atoms with Crippen LogP contribution in [-0.4, -0.2) is 24.7 Å². The van der Waals surface area contributed by atoms with Crippen molar-refractivity contribution in [3.05, 3.63) is 47.6 Å². The maximum atomic E-state index is 5.92. The molecule has 2 heterocycles. The van der Waals surface area contributed by atoms with E-state index in [4.69, 9.17) is 21.1 Å². The van der Waals surface area contributed by atoms with Gasteiger partial charge in [0.1, 0.15) is 5.75 Å². The second kappa shape index (κ2) is 7.47. The molecule has 1 saturated heterocycles. The van der Waals surface area contributed by atoms with Crippen LogP contribution in [0, 0.1) is 5.92 Å². The van der Waals surface area contributed by atoms with E-state index < -0.39 is 0 Å². The van der Waals surface area contributed by atoms with Crippen LogP contribution in [0.1, 0.15) is 12.8 Å². The summed E-state index contributed by atoms with van der Waals surface area (Å²) in [6.45, 7) is 2.79. The topological polar surface area (TPSA) is 43.4 Å². The first-order chi connectivity index (χ1) is 10.8. The summed E-state index contributed by atoms with van der Waals surface area (Å²) in [5.74, 6) is 2.38. The van der Waals surface area contributed by atoms with Gasteiger partial charge in [-0.1, -0.05) is 11.6 Å². The number of rotatable bonds is 5. The van der Waals surface area contributed by atoms with E-state index in [-0.39, 0.29) is 0 Å². The fraction of sp³-hybridized carbons (Fsp3) is 0.353. The van der Waals surface area contributed by atoms with Gasteiger partial charge in [0.25, 0.3) is 5.88 Å². The van der Waals surface area contributed by atoms with Gasteiger partial charge in [-0.3, -0.25) is 0 Å². The number of aromatic nitrogens is 1. The molecule has 4 nitrogen and oxygen atoms in total. The van der Waals surface area contributed by atoms with E-state index in [0.29, 0.717) is 34.9 Å². The number of hydrogen-bond donors (Lipinski definition) is 1. The van der Waals surface area contributed by atoms with Crippen molar-refractivity contribution in [3.8, 4) is 17.4 Å². The smallest absolute Gasteiger partial charge is 0.262 e. The summed E-state index contributed by atoms with van der Waals surface area (Å²) in [7, 11) is 0. The standard InChI is InChI=1S/C17H19ClN2O2/c18-14-5-7-15(8-6-14)22-17-16(4-2-10-20-17)21-12-13-3-1-9-19-11-13/h2,4-8,10,13,19H,1,3,9,11-12H2. The predicted octanol–water partition coefficient (Wildman–Crippen LogP) is 3.91. The summed E-state index contributed by atoms with van der Waals surface area (Å²) in [4.78, 5) is 4.26. The average Bonchev–Trinajstić information content (AvgIpc) is 2.57. The van der Waals surface area contributed by atoms with Crippen LogP contribution in [0.3, 0.4) is 0 Å². The Morgan fingerprint density at radius 3 is 2.86 bits per heavy atom. The SMILES string of the molecule is Clc1ccc(Oc2ncccc2OCC2CCCNC2)cc1. The second-order valence-electron chi connectivity index (χ2n) is 5.39. The van der Waals surface area contributed by atoms with E-state index in [0.717, 1.165) is 13.1 Å². The molecule has 1 aliphatic heterocycles. The fourth-order valence-electron chi connectivity index (χ4n) is 2.45. The van der Waals surface area contributed by atoms with Crippen LogP contribution in [0.2, 0.25) is 5.02 Å². The predicted molar refractivity (Wildman–Crippen MR) is 86.9 cm³/mol. The van der Waals surface area contributed by atoms with E-state index >= 15 is 0 Å². The molecule has 0 spiro atoms. The van der Waals surface area contributed by atoms with E-state index in [1.807, 2.05) is 24.3 Å². The summed E-state index contributed by atoms with van der Waals surface area (Å²) in [5.41, 5.74) is 0. The maximum absolute atomic E-state index is 5.92. The van der Waals surface area contributed by atoms with Gasteiger partial charge in [0.15, 0.2) is 5.75 Å². The van der Waals surface area contributed by atoms with E-state index in [9.17, 15) is 0 Å². The van der Waals surface area contributed by atoms with Gasteiger partial charge in [-0.15, -0.1) is 0 Å². The lowest BCUT2D eigenvalue weighted by atomic mass is 10.0. The van der Waals surface area contributed by atoms with Crippen molar-refractivity contribution < 1.29 is 9.47 Å². The van der Waals surface area contributed by atoms with Gasteiger partial charge < -0.3 is 14.8 Å². The number of piperidine rings is 1. The van der Waals surface area contributed by atoms with Gasteiger partial charge >= 0.3 is 0 Å². The maximum Gasteiger partial charge on any atom is 0.262 e. The van der Waals surface area contributed by atoms with Gasteiger partial charge in [-0.2, -0.15) is 0 Å². The molecule has 3 rings (SSSR count). The summed E-state index contributed by atoms with van der Waals surface area (Å²) in [6, 6.07) is 10.9. The van der Waals surface area contributed by atoms with Crippen LogP contribution in [-0.2, 0) is 0 Å². The zero-order chi connectivity index (χ0) is 15.2. The van der Waals surface area contributed by atoms with E-state index in [2.05, 4.69) is 10.3 Å². The molecular weight excluding hydrogens is 300 g/mol. The normalized spacial score (nSPS) is 18.0. The van der Waals surface area contributed by atoms with Crippen LogP contribution in [0.4, 0.5) is 0 Å². The Kier molecular flexibility index (Phi) is 5.14. The van der Waals surface area contributed by atoms with Gasteiger partial charge in [-0.05, 0) is 55.8 Å². The number of benzene rings is 1. The number of halogens is 1. The number of nitrogens with zero attached hydrogens (tertiary/aromatic N) is 1. The summed E-state index contributed by atoms with van der Waals surface area (Å²) in [6.07, 6.45) is 4.09. The molecule has 1 aromatic heterocycles. The third-order valence-electron chi connectivity index (χ3n) is 3.64. The van der Waals surface area contributed by atoms with Gasteiger partial charge in [0.2, 0.25) is 0 Å². The van der Waals surface area contributed by atoms with Crippen molar-refractivity contribution in [3.63, 3.8) is 0 Å². The minimum absolute atomic E-state index is 0.480. The summed E-state index contributed by atoms with van der Waals surface area (Å²) >= 11 is 5.88. The number of nitrogens with one attached hydrogen (secondary N) is 1. The first-order valence-corrected chi connectivity index (χ1v) is 7.91. The molecule has 22 heavy (non-hydrogen) atoms. The molecule has 1 N–H and O–H groups in total. The Bertz CT molecular complexity index is 598. The van der Waals surface area contributed by atoms with Crippen LogP contribution in [0.25, 0.3) is 0 Å². The lowest BCUT2D eigenvalue weighted by molar-refractivity contribution is 0.212. The Hall–Kier alpha value is -1.78. The zero-order valence-corrected chi connectivity index (χ0v) is 13.1. The van der Waals surface area contributed by atoms with Crippen molar-refractivity contribution in [2.75, 3.05) is 19.7 Å². The highest BCUT2D eigenvalue weighted by atomic mass is 35.5. The molecule has 1 fully saturated rings. The Balaban J connectivity index is 1.65. The highest BCUT2D eigenvalue weighted by Crippen LogP contribution is 2.30. The Morgan fingerprint density at radius 1 is 1.23 bits per heavy atom. The minimum atomic E-state index is 0.480. The molecule has 0 amide bonds. The lowest BCUT2D eigenvalue weighted by Gasteiger charge is -2.23. The average molecular weight is 319 g/mol. The van der Waals surface area contributed by atoms with Crippen molar-refractivity contribution in [2.45, 2.75) is 12.8 Å². The van der Waals surface area contributed by atoms with E-state index in [1.54, 1.807) is 18.3 Å². The van der Waals surface area contributed by atoms with Crippen molar-refractivity contribution in [2.24, 2.45) is 5.92 Å². The molecule has 116 valence electrons. The number of ether oxygens (including phenoxy) is 2. The minimum Gasteiger partial charge on any atom is -0.488 e. The van der Waals surface area contributed by atoms with Crippen molar-refractivity contribution >= 4 is 11.6 Å². The quantitative estimate of drug-likeness (QED) is 0.908. The first kappa shape index (κ1) is 15.1. The zero-order valence-electron chi connectivity index (χ0n) is 12.3. The van der Waals surface area contributed by atoms with Gasteiger partial charge in [0, 0.05) is 23.7 Å². The highest BCUT2D eigenvalue weighted by molar-refractivity contribution is 6.30. The van der Waals surface area contributed by atoms with Crippen LogP contribution >= 0.6 is 11.6 Å². The molecule has 1 aliphatic rings. The number of pyridine rings is 1. The fourth-order valence-corrected chi connectivity index (χ4v) is 2.58. The van der Waals surface area contributed by atoms with Crippen molar-refractivity contribution in [1.82, 2.24) is 10.3 Å². The molecule has 5 heteroatoms. The molecular formula is C17H19ClN2O2. The largest absolute Gasteiger partial charge is 0.488 e. The third-order valence-corrected chi connectivity index (χ3v) is 3.89. The molecule has 0 aliphatic carbocycles. The van der Waals surface area contributed by atoms with Crippen molar-refractivity contribution in [1.29, 1.82) is 0 Å². The third kappa shape index (κ3) is 4.12. The molecule has 1 atom stereocenters. The van der Waals surface area contributed by atoms with Crippen LogP contribution < -0.4 is 14.8 Å². The monoisotopic (exact) mass is 318 g/mol. The molecule has 0 radical (unpaired) electrons. The lowest BCUT2D eigenvalue weighted by Crippen LogP contribution is -2.33. The van der Waals surface area contributed by atoms with E-state index in [1.165, 1.54) is 12.8 Å². The molecule has 2 aromatic rings.